The van der Waals surface area contributed by atoms with E-state index in [-0.39, 0.29) is 0 Å². The van der Waals surface area contributed by atoms with Gasteiger partial charge >= 0.3 is 6.01 Å². The highest BCUT2D eigenvalue weighted by Gasteiger charge is 2.03. The monoisotopic (exact) mass is 169 g/mol. The Kier molecular flexibility index (Phi) is 3.08. The lowest BCUT2D eigenvalue weighted by molar-refractivity contribution is 0.421. The lowest BCUT2D eigenvalue weighted by Crippen LogP contribution is -2.07. The van der Waals surface area contributed by atoms with Crippen LogP contribution in [0.3, 0.4) is 0 Å². The van der Waals surface area contributed by atoms with Crippen LogP contribution >= 0.6 is 0 Å². The van der Waals surface area contributed by atoms with Gasteiger partial charge in [-0.1, -0.05) is 25.9 Å². The van der Waals surface area contributed by atoms with E-state index in [4.69, 9.17) is 4.52 Å². The molecule has 68 valence electrons. The molecule has 4 nitrogen and oxygen atoms in total. The molecule has 0 bridgehead atoms. The fraction of sp³-hybridized carbons (Fsp3) is 0.750. The second-order valence-corrected chi connectivity index (χ2v) is 3.14. The van der Waals surface area contributed by atoms with Gasteiger partial charge in [-0.3, -0.25) is 0 Å². The topological polar surface area (TPSA) is 51.0 Å². The molecule has 0 aliphatic rings. The number of nitrogens with zero attached hydrogens (tertiary/aromatic N) is 2. The molecule has 0 unspecified atom stereocenters. The minimum atomic E-state index is 0.528. The highest BCUT2D eigenvalue weighted by Crippen LogP contribution is 2.04. The number of rotatable bonds is 4. The Labute approximate surface area is 72.4 Å². The molecule has 0 saturated heterocycles. The predicted molar refractivity (Wildman–Crippen MR) is 47.0 cm³/mol. The van der Waals surface area contributed by atoms with Gasteiger partial charge in [-0.05, 0) is 5.92 Å². The maximum atomic E-state index is 4.93. The molecule has 1 aromatic rings. The smallest absolute Gasteiger partial charge is 0.321 e. The van der Waals surface area contributed by atoms with Crippen molar-refractivity contribution in [2.24, 2.45) is 5.92 Å². The Morgan fingerprint density at radius 3 is 2.75 bits per heavy atom. The van der Waals surface area contributed by atoms with Crippen molar-refractivity contribution < 1.29 is 4.52 Å². The highest BCUT2D eigenvalue weighted by atomic mass is 16.5. The van der Waals surface area contributed by atoms with Crippen molar-refractivity contribution in [2.45, 2.75) is 27.2 Å². The molecular weight excluding hydrogens is 154 g/mol. The summed E-state index contributed by atoms with van der Waals surface area (Å²) in [5, 5.41) is 6.82. The van der Waals surface area contributed by atoms with Gasteiger partial charge in [0.15, 0.2) is 5.82 Å². The third-order valence-corrected chi connectivity index (χ3v) is 1.45. The van der Waals surface area contributed by atoms with Crippen LogP contribution in [0.2, 0.25) is 0 Å². The van der Waals surface area contributed by atoms with Gasteiger partial charge in [0, 0.05) is 13.0 Å². The zero-order valence-electron chi connectivity index (χ0n) is 7.79. The van der Waals surface area contributed by atoms with Crippen molar-refractivity contribution in [3.63, 3.8) is 0 Å². The molecule has 0 aliphatic heterocycles. The zero-order valence-corrected chi connectivity index (χ0v) is 7.79. The second-order valence-electron chi connectivity index (χ2n) is 3.14. The van der Waals surface area contributed by atoms with Gasteiger partial charge in [0.1, 0.15) is 0 Å². The zero-order chi connectivity index (χ0) is 8.97. The molecule has 0 aliphatic carbocycles. The van der Waals surface area contributed by atoms with Crippen LogP contribution in [0.5, 0.6) is 0 Å². The predicted octanol–water partition coefficient (Wildman–Crippen LogP) is 1.70. The Balaban J connectivity index is 2.41. The molecule has 0 aromatic carbocycles. The van der Waals surface area contributed by atoms with Gasteiger partial charge in [0.05, 0.1) is 0 Å². The van der Waals surface area contributed by atoms with E-state index in [2.05, 4.69) is 29.3 Å². The van der Waals surface area contributed by atoms with Crippen molar-refractivity contribution in [3.05, 3.63) is 5.82 Å². The van der Waals surface area contributed by atoms with Gasteiger partial charge in [-0.25, -0.2) is 0 Å². The minimum Gasteiger partial charge on any atom is -0.338 e. The third-order valence-electron chi connectivity index (χ3n) is 1.45. The van der Waals surface area contributed by atoms with E-state index in [0.29, 0.717) is 11.9 Å². The van der Waals surface area contributed by atoms with Gasteiger partial charge < -0.3 is 9.84 Å². The normalized spacial score (nSPS) is 10.7. The summed E-state index contributed by atoms with van der Waals surface area (Å²) in [6.07, 6.45) is 0.812. The van der Waals surface area contributed by atoms with E-state index in [1.54, 1.807) is 0 Å². The first-order valence-electron chi connectivity index (χ1n) is 4.28. The van der Waals surface area contributed by atoms with E-state index >= 15 is 0 Å². The Hall–Kier alpha value is -1.06. The molecule has 0 radical (unpaired) electrons. The number of hydrogen-bond acceptors (Lipinski definition) is 4. The minimum absolute atomic E-state index is 0.528. The molecule has 0 saturated carbocycles. The molecule has 1 heterocycles. The molecule has 0 fully saturated rings. The summed E-state index contributed by atoms with van der Waals surface area (Å²) in [5.41, 5.74) is 0. The average Bonchev–Trinajstić information content (AvgIpc) is 2.48. The molecule has 0 atom stereocenters. The summed E-state index contributed by atoms with van der Waals surface area (Å²) in [4.78, 5) is 4.11. The fourth-order valence-electron chi connectivity index (χ4n) is 0.761. The summed E-state index contributed by atoms with van der Waals surface area (Å²) in [6.45, 7) is 7.12. The molecule has 1 N–H and O–H groups in total. The largest absolute Gasteiger partial charge is 0.338 e. The first-order valence-corrected chi connectivity index (χ1v) is 4.28. The van der Waals surface area contributed by atoms with Crippen molar-refractivity contribution in [1.82, 2.24) is 10.1 Å². The Morgan fingerprint density at radius 1 is 1.50 bits per heavy atom. The van der Waals surface area contributed by atoms with Crippen LogP contribution < -0.4 is 5.32 Å². The van der Waals surface area contributed by atoms with Gasteiger partial charge in [-0.2, -0.15) is 4.98 Å². The molecule has 12 heavy (non-hydrogen) atoms. The first kappa shape index (κ1) is 9.03. The van der Waals surface area contributed by atoms with Crippen LogP contribution in [-0.2, 0) is 6.42 Å². The average molecular weight is 169 g/mol. The van der Waals surface area contributed by atoms with Gasteiger partial charge in [0.25, 0.3) is 0 Å². The van der Waals surface area contributed by atoms with Gasteiger partial charge in [-0.15, -0.1) is 0 Å². The molecular formula is C8H15N3O. The summed E-state index contributed by atoms with van der Waals surface area (Å²) >= 11 is 0. The van der Waals surface area contributed by atoms with Crippen molar-refractivity contribution in [1.29, 1.82) is 0 Å². The second kappa shape index (κ2) is 4.09. The van der Waals surface area contributed by atoms with E-state index in [0.717, 1.165) is 18.8 Å². The first-order chi connectivity index (χ1) is 5.72. The summed E-state index contributed by atoms with van der Waals surface area (Å²) in [7, 11) is 0. The van der Waals surface area contributed by atoms with Gasteiger partial charge in [0.2, 0.25) is 0 Å². The lowest BCUT2D eigenvalue weighted by atomic mass is 10.2. The standard InChI is InChI=1S/C8H15N3O/c1-4-7-10-8(12-11-7)9-5-6(2)3/h6H,4-5H2,1-3H3,(H,9,10,11). The number of aryl methyl sites for hydroxylation is 1. The van der Waals surface area contributed by atoms with Crippen LogP contribution in [-0.4, -0.2) is 16.7 Å². The molecule has 0 amide bonds. The summed E-state index contributed by atoms with van der Waals surface area (Å²) < 4.78 is 4.93. The molecule has 1 rings (SSSR count). The Bertz CT molecular complexity index is 232. The van der Waals surface area contributed by atoms with Crippen LogP contribution in [0.1, 0.15) is 26.6 Å². The summed E-state index contributed by atoms with van der Waals surface area (Å²) in [5.74, 6) is 1.34. The maximum absolute atomic E-state index is 4.93. The lowest BCUT2D eigenvalue weighted by Gasteiger charge is -2.02. The van der Waals surface area contributed by atoms with Crippen LogP contribution in [0, 0.1) is 5.92 Å². The molecule has 0 spiro atoms. The number of anilines is 1. The van der Waals surface area contributed by atoms with E-state index < -0.39 is 0 Å². The van der Waals surface area contributed by atoms with E-state index in [1.807, 2.05) is 6.92 Å². The maximum Gasteiger partial charge on any atom is 0.321 e. The molecule has 1 aromatic heterocycles. The molecule has 4 heteroatoms. The van der Waals surface area contributed by atoms with Crippen molar-refractivity contribution in [2.75, 3.05) is 11.9 Å². The quantitative estimate of drug-likeness (QED) is 0.745. The van der Waals surface area contributed by atoms with Crippen molar-refractivity contribution >= 4 is 6.01 Å². The third kappa shape index (κ3) is 2.53. The summed E-state index contributed by atoms with van der Waals surface area (Å²) in [6, 6.07) is 0.528. The SMILES string of the molecule is CCc1noc(NCC(C)C)n1. The Morgan fingerprint density at radius 2 is 2.25 bits per heavy atom. The highest BCUT2D eigenvalue weighted by molar-refractivity contribution is 5.17. The van der Waals surface area contributed by atoms with Crippen LogP contribution in [0.4, 0.5) is 6.01 Å². The number of hydrogen-bond donors (Lipinski definition) is 1. The fourth-order valence-corrected chi connectivity index (χ4v) is 0.761. The van der Waals surface area contributed by atoms with E-state index in [1.165, 1.54) is 0 Å². The van der Waals surface area contributed by atoms with Crippen molar-refractivity contribution in [3.8, 4) is 0 Å². The number of aromatic nitrogens is 2. The van der Waals surface area contributed by atoms with Crippen LogP contribution in [0.15, 0.2) is 4.52 Å². The van der Waals surface area contributed by atoms with Crippen LogP contribution in [0.25, 0.3) is 0 Å². The number of nitrogens with one attached hydrogen (secondary N) is 1. The van der Waals surface area contributed by atoms with E-state index in [9.17, 15) is 0 Å².